The Kier molecular flexibility index (Phi) is 3.72. The second-order valence-corrected chi connectivity index (χ2v) is 5.50. The van der Waals surface area contributed by atoms with Crippen molar-refractivity contribution in [1.82, 2.24) is 0 Å². The highest BCUT2D eigenvalue weighted by Gasteiger charge is 2.24. The van der Waals surface area contributed by atoms with Crippen molar-refractivity contribution < 1.29 is 9.53 Å². The molecule has 0 fully saturated rings. The largest absolute Gasteiger partial charge is 0.497 e. The second-order valence-electron chi connectivity index (χ2n) is 5.50. The van der Waals surface area contributed by atoms with Gasteiger partial charge in [0.05, 0.1) is 7.11 Å². The van der Waals surface area contributed by atoms with Crippen molar-refractivity contribution in [3.8, 4) is 5.75 Å². The summed E-state index contributed by atoms with van der Waals surface area (Å²) in [4.78, 5) is 12.8. The highest BCUT2D eigenvalue weighted by molar-refractivity contribution is 6.11. The fourth-order valence-corrected chi connectivity index (χ4v) is 3.22. The minimum atomic E-state index is 0.170. The third-order valence-corrected chi connectivity index (χ3v) is 4.29. The van der Waals surface area contributed by atoms with Crippen molar-refractivity contribution in [2.24, 2.45) is 0 Å². The van der Waals surface area contributed by atoms with Crippen LogP contribution in [-0.2, 0) is 0 Å². The average molecular weight is 268 g/mol. The highest BCUT2D eigenvalue weighted by Crippen LogP contribution is 2.37. The zero-order chi connectivity index (χ0) is 13.9. The molecule has 2 heteroatoms. The molecule has 2 aliphatic rings. The predicted molar refractivity (Wildman–Crippen MR) is 80.1 cm³/mol. The number of allylic oxidation sites excluding steroid dienone is 4. The molecule has 2 aliphatic carbocycles. The van der Waals surface area contributed by atoms with Crippen LogP contribution in [0.2, 0.25) is 0 Å². The van der Waals surface area contributed by atoms with Crippen molar-refractivity contribution >= 4 is 5.78 Å². The molecule has 3 rings (SSSR count). The van der Waals surface area contributed by atoms with Crippen molar-refractivity contribution in [2.75, 3.05) is 7.11 Å². The maximum Gasteiger partial charge on any atom is 0.192 e. The Labute approximate surface area is 120 Å². The van der Waals surface area contributed by atoms with E-state index < -0.39 is 0 Å². The lowest BCUT2D eigenvalue weighted by Crippen LogP contribution is -2.06. The van der Waals surface area contributed by atoms with Gasteiger partial charge in [-0.25, -0.2) is 0 Å². The average Bonchev–Trinajstić information content (AvgIpc) is 2.86. The van der Waals surface area contributed by atoms with Gasteiger partial charge in [0, 0.05) is 11.1 Å². The maximum absolute atomic E-state index is 12.8. The molecular weight excluding hydrogens is 248 g/mol. The van der Waals surface area contributed by atoms with E-state index in [0.29, 0.717) is 0 Å². The predicted octanol–water partition coefficient (Wildman–Crippen LogP) is 4.47. The van der Waals surface area contributed by atoms with Crippen LogP contribution in [0.15, 0.2) is 47.1 Å². The van der Waals surface area contributed by atoms with E-state index in [0.717, 1.165) is 29.7 Å². The SMILES string of the molecule is COc1ccc(C(=O)C2=CCCCC3=C2CCC3)cc1. The summed E-state index contributed by atoms with van der Waals surface area (Å²) in [6.07, 6.45) is 8.98. The third-order valence-electron chi connectivity index (χ3n) is 4.29. The smallest absolute Gasteiger partial charge is 0.192 e. The van der Waals surface area contributed by atoms with Gasteiger partial charge in [-0.05, 0) is 68.4 Å². The summed E-state index contributed by atoms with van der Waals surface area (Å²) < 4.78 is 5.15. The number of carbonyl (C=O) groups excluding carboxylic acids is 1. The molecule has 0 aliphatic heterocycles. The van der Waals surface area contributed by atoms with E-state index in [2.05, 4.69) is 6.08 Å². The molecule has 0 atom stereocenters. The van der Waals surface area contributed by atoms with Gasteiger partial charge in [-0.15, -0.1) is 0 Å². The van der Waals surface area contributed by atoms with Crippen LogP contribution in [-0.4, -0.2) is 12.9 Å². The number of carbonyl (C=O) groups is 1. The van der Waals surface area contributed by atoms with Crippen LogP contribution in [0.5, 0.6) is 5.75 Å². The van der Waals surface area contributed by atoms with E-state index in [1.165, 1.54) is 36.8 Å². The van der Waals surface area contributed by atoms with E-state index in [9.17, 15) is 4.79 Å². The lowest BCUT2D eigenvalue weighted by atomic mass is 9.94. The van der Waals surface area contributed by atoms with Crippen molar-refractivity contribution in [2.45, 2.75) is 38.5 Å². The lowest BCUT2D eigenvalue weighted by molar-refractivity contribution is 0.103. The molecule has 0 spiro atoms. The first-order valence-corrected chi connectivity index (χ1v) is 7.40. The molecular formula is C18H20O2. The molecule has 0 heterocycles. The number of hydrogen-bond donors (Lipinski definition) is 0. The molecule has 2 nitrogen and oxygen atoms in total. The summed E-state index contributed by atoms with van der Waals surface area (Å²) in [7, 11) is 1.64. The fourth-order valence-electron chi connectivity index (χ4n) is 3.22. The van der Waals surface area contributed by atoms with Crippen LogP contribution in [0.25, 0.3) is 0 Å². The van der Waals surface area contributed by atoms with E-state index in [4.69, 9.17) is 4.74 Å². The molecule has 104 valence electrons. The topological polar surface area (TPSA) is 26.3 Å². The van der Waals surface area contributed by atoms with Gasteiger partial charge in [-0.2, -0.15) is 0 Å². The van der Waals surface area contributed by atoms with Gasteiger partial charge in [0.15, 0.2) is 5.78 Å². The standard InChI is InChI=1S/C18H20O2/c1-20-15-11-9-14(10-12-15)18(19)17-7-3-2-5-13-6-4-8-16(13)17/h7,9-12H,2-6,8H2,1H3. The van der Waals surface area contributed by atoms with Gasteiger partial charge >= 0.3 is 0 Å². The van der Waals surface area contributed by atoms with Gasteiger partial charge in [-0.1, -0.05) is 11.6 Å². The Hall–Kier alpha value is -1.83. The Morgan fingerprint density at radius 2 is 1.80 bits per heavy atom. The van der Waals surface area contributed by atoms with Crippen LogP contribution in [0.1, 0.15) is 48.9 Å². The normalized spacial score (nSPS) is 18.4. The number of benzene rings is 1. The number of ketones is 1. The molecule has 20 heavy (non-hydrogen) atoms. The lowest BCUT2D eigenvalue weighted by Gasteiger charge is -2.09. The van der Waals surface area contributed by atoms with E-state index in [1.54, 1.807) is 7.11 Å². The summed E-state index contributed by atoms with van der Waals surface area (Å²) >= 11 is 0. The summed E-state index contributed by atoms with van der Waals surface area (Å²) in [5, 5.41) is 0. The first-order chi connectivity index (χ1) is 9.79. The van der Waals surface area contributed by atoms with Crippen LogP contribution in [0.4, 0.5) is 0 Å². The second kappa shape index (κ2) is 5.66. The van der Waals surface area contributed by atoms with Crippen LogP contribution in [0.3, 0.4) is 0 Å². The zero-order valence-electron chi connectivity index (χ0n) is 11.9. The number of ether oxygens (including phenoxy) is 1. The monoisotopic (exact) mass is 268 g/mol. The Balaban J connectivity index is 1.91. The maximum atomic E-state index is 12.8. The molecule has 1 aromatic rings. The zero-order valence-corrected chi connectivity index (χ0v) is 11.9. The third kappa shape index (κ3) is 2.43. The Morgan fingerprint density at radius 1 is 1.05 bits per heavy atom. The van der Waals surface area contributed by atoms with Gasteiger partial charge < -0.3 is 4.74 Å². The quantitative estimate of drug-likeness (QED) is 0.756. The van der Waals surface area contributed by atoms with Crippen LogP contribution < -0.4 is 4.74 Å². The minimum absolute atomic E-state index is 0.170. The minimum Gasteiger partial charge on any atom is -0.497 e. The summed E-state index contributed by atoms with van der Waals surface area (Å²) in [5.41, 5.74) is 4.58. The summed E-state index contributed by atoms with van der Waals surface area (Å²) in [6, 6.07) is 7.44. The van der Waals surface area contributed by atoms with Crippen molar-refractivity contribution in [1.29, 1.82) is 0 Å². The summed E-state index contributed by atoms with van der Waals surface area (Å²) in [5.74, 6) is 0.959. The highest BCUT2D eigenvalue weighted by atomic mass is 16.5. The van der Waals surface area contributed by atoms with Crippen molar-refractivity contribution in [3.05, 3.63) is 52.6 Å². The molecule has 0 unspecified atom stereocenters. The number of hydrogen-bond acceptors (Lipinski definition) is 2. The first-order valence-electron chi connectivity index (χ1n) is 7.40. The molecule has 0 N–H and O–H groups in total. The Bertz CT molecular complexity index is 576. The van der Waals surface area contributed by atoms with Crippen LogP contribution in [0, 0.1) is 0 Å². The molecule has 0 saturated heterocycles. The van der Waals surface area contributed by atoms with Gasteiger partial charge in [0.25, 0.3) is 0 Å². The molecule has 0 radical (unpaired) electrons. The fraction of sp³-hybridized carbons (Fsp3) is 0.389. The number of methoxy groups -OCH3 is 1. The van der Waals surface area contributed by atoms with Gasteiger partial charge in [0.2, 0.25) is 0 Å². The Morgan fingerprint density at radius 3 is 2.55 bits per heavy atom. The van der Waals surface area contributed by atoms with E-state index in [-0.39, 0.29) is 5.78 Å². The summed E-state index contributed by atoms with van der Waals surface area (Å²) in [6.45, 7) is 0. The van der Waals surface area contributed by atoms with Crippen LogP contribution >= 0.6 is 0 Å². The molecule has 0 saturated carbocycles. The van der Waals surface area contributed by atoms with Gasteiger partial charge in [-0.3, -0.25) is 4.79 Å². The van der Waals surface area contributed by atoms with Crippen molar-refractivity contribution in [3.63, 3.8) is 0 Å². The molecule has 0 amide bonds. The van der Waals surface area contributed by atoms with E-state index in [1.807, 2.05) is 24.3 Å². The number of rotatable bonds is 3. The number of Topliss-reactive ketones (excluding diaryl/α,β-unsaturated/α-hetero) is 1. The molecule has 1 aromatic carbocycles. The van der Waals surface area contributed by atoms with E-state index >= 15 is 0 Å². The molecule has 0 bridgehead atoms. The first kappa shape index (κ1) is 13.2. The molecule has 0 aromatic heterocycles. The van der Waals surface area contributed by atoms with Gasteiger partial charge in [0.1, 0.15) is 5.75 Å².